The van der Waals surface area contributed by atoms with Gasteiger partial charge in [-0.1, -0.05) is 20.8 Å². The minimum atomic E-state index is -0.576. The van der Waals surface area contributed by atoms with Crippen LogP contribution in [0.1, 0.15) is 46.5 Å². The summed E-state index contributed by atoms with van der Waals surface area (Å²) < 4.78 is 0. The monoisotopic (exact) mass is 238 g/mol. The van der Waals surface area contributed by atoms with E-state index < -0.39 is 11.3 Å². The van der Waals surface area contributed by atoms with E-state index in [-0.39, 0.29) is 5.78 Å². The molecule has 1 heterocycles. The number of rotatable bonds is 3. The number of hydrogen-bond acceptors (Lipinski definition) is 3. The van der Waals surface area contributed by atoms with Crippen LogP contribution in [0, 0.1) is 5.41 Å². The largest absolute Gasteiger partial charge is 0.297 e. The lowest BCUT2D eigenvalue weighted by Crippen LogP contribution is -2.42. The van der Waals surface area contributed by atoms with Gasteiger partial charge >= 0.3 is 0 Å². The first kappa shape index (κ1) is 13.9. The van der Waals surface area contributed by atoms with E-state index in [4.69, 9.17) is 0 Å². The van der Waals surface area contributed by atoms with Crippen molar-refractivity contribution in [1.29, 1.82) is 0 Å². The topological polar surface area (TPSA) is 49.7 Å². The number of Topliss-reactive ketones (excluding diaryl/α,β-unsaturated/α-hetero) is 1. The molecular formula is C13H22N2O2. The predicted octanol–water partition coefficient (Wildman–Crippen LogP) is 2.03. The molecule has 0 bridgehead atoms. The van der Waals surface area contributed by atoms with E-state index in [0.29, 0.717) is 13.0 Å². The molecule has 0 aliphatic carbocycles. The van der Waals surface area contributed by atoms with Crippen molar-refractivity contribution in [3.63, 3.8) is 0 Å². The fraction of sp³-hybridized carbons (Fsp3) is 0.769. The van der Waals surface area contributed by atoms with Gasteiger partial charge in [-0.25, -0.2) is 0 Å². The second kappa shape index (κ2) is 5.94. The zero-order valence-corrected chi connectivity index (χ0v) is 11.0. The molecule has 1 aliphatic heterocycles. The number of nitrogens with zero attached hydrogens (tertiary/aromatic N) is 2. The van der Waals surface area contributed by atoms with Crippen molar-refractivity contribution in [2.24, 2.45) is 10.4 Å². The normalized spacial score (nSPS) is 17.5. The standard InChI is InChI=1S/C13H22N2O2/c1-4-13(2,3)11(16)12(17)15-9-7-5-6-8-14-10-15/h10H,4-9H2,1-3H3. The second-order valence-corrected chi connectivity index (χ2v) is 5.15. The van der Waals surface area contributed by atoms with Crippen molar-refractivity contribution in [2.75, 3.05) is 13.1 Å². The van der Waals surface area contributed by atoms with Crippen molar-refractivity contribution in [3.05, 3.63) is 0 Å². The van der Waals surface area contributed by atoms with E-state index in [0.717, 1.165) is 25.8 Å². The summed E-state index contributed by atoms with van der Waals surface area (Å²) in [6.07, 6.45) is 5.27. The fourth-order valence-electron chi connectivity index (χ4n) is 1.61. The summed E-state index contributed by atoms with van der Waals surface area (Å²) in [5.41, 5.74) is -0.576. The maximum Gasteiger partial charge on any atom is 0.295 e. The summed E-state index contributed by atoms with van der Waals surface area (Å²) in [5.74, 6) is -0.727. The quantitative estimate of drug-likeness (QED) is 0.706. The molecule has 0 spiro atoms. The summed E-state index contributed by atoms with van der Waals surface area (Å²) in [6.45, 7) is 6.90. The minimum absolute atomic E-state index is 0.313. The van der Waals surface area contributed by atoms with Gasteiger partial charge in [0, 0.05) is 18.5 Å². The van der Waals surface area contributed by atoms with Crippen LogP contribution in [0.25, 0.3) is 0 Å². The molecule has 0 atom stereocenters. The first-order valence-electron chi connectivity index (χ1n) is 6.34. The lowest BCUT2D eigenvalue weighted by molar-refractivity contribution is -0.146. The van der Waals surface area contributed by atoms with Crippen molar-refractivity contribution in [3.8, 4) is 0 Å². The van der Waals surface area contributed by atoms with Crippen LogP contribution in [-0.4, -0.2) is 36.0 Å². The zero-order valence-electron chi connectivity index (χ0n) is 11.0. The molecule has 1 aliphatic rings. The number of amides is 1. The Morgan fingerprint density at radius 1 is 1.29 bits per heavy atom. The molecule has 17 heavy (non-hydrogen) atoms. The summed E-state index contributed by atoms with van der Waals surface area (Å²) in [6, 6.07) is 0. The Kier molecular flexibility index (Phi) is 4.85. The van der Waals surface area contributed by atoms with Gasteiger partial charge in [0.1, 0.15) is 0 Å². The Hall–Kier alpha value is -1.19. The van der Waals surface area contributed by atoms with Crippen LogP contribution < -0.4 is 0 Å². The van der Waals surface area contributed by atoms with Gasteiger partial charge in [0.2, 0.25) is 5.78 Å². The van der Waals surface area contributed by atoms with E-state index in [1.165, 1.54) is 11.2 Å². The highest BCUT2D eigenvalue weighted by Gasteiger charge is 2.33. The first-order chi connectivity index (χ1) is 7.99. The average molecular weight is 238 g/mol. The molecule has 96 valence electrons. The highest BCUT2D eigenvalue weighted by molar-refractivity contribution is 6.39. The fourth-order valence-corrected chi connectivity index (χ4v) is 1.61. The Morgan fingerprint density at radius 2 is 2.00 bits per heavy atom. The minimum Gasteiger partial charge on any atom is -0.297 e. The molecule has 4 heteroatoms. The van der Waals surface area contributed by atoms with Gasteiger partial charge in [-0.3, -0.25) is 19.5 Å². The van der Waals surface area contributed by atoms with Crippen LogP contribution >= 0.6 is 0 Å². The number of aliphatic imine (C=N–C) groups is 1. The molecule has 1 amide bonds. The number of carbonyl (C=O) groups excluding carboxylic acids is 2. The van der Waals surface area contributed by atoms with Crippen molar-refractivity contribution < 1.29 is 9.59 Å². The van der Waals surface area contributed by atoms with Crippen LogP contribution in [0.15, 0.2) is 4.99 Å². The zero-order chi connectivity index (χ0) is 12.9. The molecule has 0 unspecified atom stereocenters. The molecule has 1 rings (SSSR count). The van der Waals surface area contributed by atoms with E-state index >= 15 is 0 Å². The summed E-state index contributed by atoms with van der Waals surface area (Å²) in [4.78, 5) is 29.7. The van der Waals surface area contributed by atoms with Gasteiger partial charge in [-0.15, -0.1) is 0 Å². The molecule has 0 radical (unpaired) electrons. The predicted molar refractivity (Wildman–Crippen MR) is 68.0 cm³/mol. The lowest BCUT2D eigenvalue weighted by Gasteiger charge is -2.24. The first-order valence-corrected chi connectivity index (χ1v) is 6.34. The van der Waals surface area contributed by atoms with Gasteiger partial charge in [0.25, 0.3) is 5.91 Å². The van der Waals surface area contributed by atoms with Crippen molar-refractivity contribution >= 4 is 18.0 Å². The maximum atomic E-state index is 12.1. The molecule has 0 fully saturated rings. The van der Waals surface area contributed by atoms with Crippen LogP contribution in [0.4, 0.5) is 0 Å². The van der Waals surface area contributed by atoms with Gasteiger partial charge < -0.3 is 0 Å². The molecule has 0 N–H and O–H groups in total. The third kappa shape index (κ3) is 3.65. The van der Waals surface area contributed by atoms with Gasteiger partial charge in [0.05, 0.1) is 6.34 Å². The molecule has 0 saturated carbocycles. The number of ketones is 1. The van der Waals surface area contributed by atoms with Crippen LogP contribution in [0.2, 0.25) is 0 Å². The number of hydrogen-bond donors (Lipinski definition) is 0. The Balaban J connectivity index is 2.74. The third-order valence-corrected chi connectivity index (χ3v) is 3.36. The molecule has 0 aromatic carbocycles. The SMILES string of the molecule is CCC(C)(C)C(=O)C(=O)N1C=NCCCCC1. The van der Waals surface area contributed by atoms with Crippen molar-refractivity contribution in [1.82, 2.24) is 4.90 Å². The van der Waals surface area contributed by atoms with E-state index in [1.54, 1.807) is 0 Å². The van der Waals surface area contributed by atoms with Crippen LogP contribution in [-0.2, 0) is 9.59 Å². The van der Waals surface area contributed by atoms with Gasteiger partial charge in [0.15, 0.2) is 0 Å². The van der Waals surface area contributed by atoms with Crippen molar-refractivity contribution in [2.45, 2.75) is 46.5 Å². The lowest BCUT2D eigenvalue weighted by atomic mass is 9.84. The second-order valence-electron chi connectivity index (χ2n) is 5.15. The number of carbonyl (C=O) groups is 2. The van der Waals surface area contributed by atoms with Gasteiger partial charge in [-0.2, -0.15) is 0 Å². The Morgan fingerprint density at radius 3 is 2.65 bits per heavy atom. The Bertz CT molecular complexity index is 321. The maximum absolute atomic E-state index is 12.1. The average Bonchev–Trinajstić information content (AvgIpc) is 2.27. The van der Waals surface area contributed by atoms with E-state index in [1.807, 2.05) is 20.8 Å². The molecule has 4 nitrogen and oxygen atoms in total. The van der Waals surface area contributed by atoms with Gasteiger partial charge in [-0.05, 0) is 25.7 Å². The summed E-state index contributed by atoms with van der Waals surface area (Å²) >= 11 is 0. The highest BCUT2D eigenvalue weighted by atomic mass is 16.2. The summed E-state index contributed by atoms with van der Waals surface area (Å²) in [5, 5.41) is 0. The van der Waals surface area contributed by atoms with Crippen LogP contribution in [0.5, 0.6) is 0 Å². The smallest absolute Gasteiger partial charge is 0.295 e. The van der Waals surface area contributed by atoms with E-state index in [2.05, 4.69) is 4.99 Å². The Labute approximate surface area is 103 Å². The molecular weight excluding hydrogens is 216 g/mol. The summed E-state index contributed by atoms with van der Waals surface area (Å²) in [7, 11) is 0. The van der Waals surface area contributed by atoms with E-state index in [9.17, 15) is 9.59 Å². The van der Waals surface area contributed by atoms with Crippen LogP contribution in [0.3, 0.4) is 0 Å². The third-order valence-electron chi connectivity index (χ3n) is 3.36. The molecule has 0 aromatic rings. The molecule has 0 saturated heterocycles. The molecule has 0 aromatic heterocycles. The highest BCUT2D eigenvalue weighted by Crippen LogP contribution is 2.22.